The number of rotatable bonds is 5. The molecule has 29 heavy (non-hydrogen) atoms. The molecule has 3 aromatic rings. The number of aryl methyl sites for hydroxylation is 1. The molecule has 1 aliphatic heterocycles. The molecule has 2 amide bonds. The molecule has 0 spiro atoms. The van der Waals surface area contributed by atoms with Crippen LogP contribution in [0, 0.1) is 0 Å². The Morgan fingerprint density at radius 3 is 2.72 bits per heavy atom. The van der Waals surface area contributed by atoms with Crippen molar-refractivity contribution >= 4 is 40.0 Å². The number of fused-ring (bicyclic) bond motifs is 1. The maximum atomic E-state index is 13.2. The highest BCUT2D eigenvalue weighted by molar-refractivity contribution is 6.31. The zero-order chi connectivity index (χ0) is 20.5. The molecule has 2 aromatic carbocycles. The second-order valence-corrected chi connectivity index (χ2v) is 7.47. The van der Waals surface area contributed by atoms with Gasteiger partial charge in [-0.1, -0.05) is 29.8 Å². The van der Waals surface area contributed by atoms with Crippen LogP contribution in [0.1, 0.15) is 28.9 Å². The zero-order valence-corrected chi connectivity index (χ0v) is 17.1. The van der Waals surface area contributed by atoms with Crippen molar-refractivity contribution in [3.8, 4) is 5.75 Å². The Bertz CT molecular complexity index is 1110. The Morgan fingerprint density at radius 1 is 1.24 bits per heavy atom. The van der Waals surface area contributed by atoms with E-state index in [1.807, 2.05) is 48.0 Å². The van der Waals surface area contributed by atoms with Crippen molar-refractivity contribution in [1.82, 2.24) is 9.88 Å². The summed E-state index contributed by atoms with van der Waals surface area (Å²) in [6.07, 6.45) is 1.26. The van der Waals surface area contributed by atoms with Gasteiger partial charge < -0.3 is 19.5 Å². The average molecular weight is 412 g/mol. The van der Waals surface area contributed by atoms with Crippen molar-refractivity contribution in [2.45, 2.75) is 19.4 Å². The second kappa shape index (κ2) is 7.79. The second-order valence-electron chi connectivity index (χ2n) is 7.06. The summed E-state index contributed by atoms with van der Waals surface area (Å²) in [6.45, 7) is 0.899. The molecule has 1 aliphatic rings. The molecule has 0 unspecified atom stereocenters. The number of aromatic nitrogens is 1. The highest BCUT2D eigenvalue weighted by atomic mass is 35.5. The van der Waals surface area contributed by atoms with Crippen molar-refractivity contribution in [3.63, 3.8) is 0 Å². The molecule has 150 valence electrons. The number of carbonyl (C=O) groups is 2. The number of halogens is 1. The fourth-order valence-electron chi connectivity index (χ4n) is 3.85. The minimum Gasteiger partial charge on any atom is -0.497 e. The third-order valence-electron chi connectivity index (χ3n) is 5.34. The van der Waals surface area contributed by atoms with Gasteiger partial charge in [0.1, 0.15) is 11.4 Å². The van der Waals surface area contributed by atoms with Crippen LogP contribution in [0.3, 0.4) is 0 Å². The summed E-state index contributed by atoms with van der Waals surface area (Å²) in [5.41, 5.74) is 2.79. The highest BCUT2D eigenvalue weighted by Gasteiger charge is 2.31. The summed E-state index contributed by atoms with van der Waals surface area (Å²) in [5, 5.41) is 4.38. The maximum Gasteiger partial charge on any atom is 0.270 e. The first-order chi connectivity index (χ1) is 14.0. The van der Waals surface area contributed by atoms with Gasteiger partial charge in [0.05, 0.1) is 18.3 Å². The molecule has 6 nitrogen and oxygen atoms in total. The zero-order valence-electron chi connectivity index (χ0n) is 16.4. The SMILES string of the molecule is COc1ccc2c(c1)c(N1CCCC1=O)c(C(=O)NCc1ccccc1Cl)n2C. The fraction of sp³-hybridized carbons (Fsp3) is 0.273. The van der Waals surface area contributed by atoms with Crippen LogP contribution >= 0.6 is 11.6 Å². The summed E-state index contributed by atoms with van der Waals surface area (Å²) in [6, 6.07) is 13.0. The van der Waals surface area contributed by atoms with E-state index < -0.39 is 0 Å². The molecule has 1 N–H and O–H groups in total. The molecule has 0 aliphatic carbocycles. The normalized spacial score (nSPS) is 13.9. The van der Waals surface area contributed by atoms with Gasteiger partial charge in [0.15, 0.2) is 0 Å². The lowest BCUT2D eigenvalue weighted by Gasteiger charge is -2.18. The number of nitrogens with zero attached hydrogens (tertiary/aromatic N) is 2. The monoisotopic (exact) mass is 411 g/mol. The van der Waals surface area contributed by atoms with Gasteiger partial charge in [0, 0.05) is 37.0 Å². The number of anilines is 1. The molecule has 0 atom stereocenters. The van der Waals surface area contributed by atoms with Crippen LogP contribution < -0.4 is 15.0 Å². The summed E-state index contributed by atoms with van der Waals surface area (Å²) in [5.74, 6) is 0.455. The number of methoxy groups -OCH3 is 1. The first-order valence-electron chi connectivity index (χ1n) is 9.49. The van der Waals surface area contributed by atoms with Crippen molar-refractivity contribution < 1.29 is 14.3 Å². The lowest BCUT2D eigenvalue weighted by atomic mass is 10.1. The van der Waals surface area contributed by atoms with Crippen LogP contribution in [-0.2, 0) is 18.4 Å². The number of benzene rings is 2. The minimum absolute atomic E-state index is 0.0282. The molecule has 1 saturated heterocycles. The molecule has 0 radical (unpaired) electrons. The molecule has 2 heterocycles. The lowest BCUT2D eigenvalue weighted by molar-refractivity contribution is -0.117. The van der Waals surface area contributed by atoms with Crippen LogP contribution in [-0.4, -0.2) is 30.0 Å². The van der Waals surface area contributed by atoms with E-state index in [-0.39, 0.29) is 11.8 Å². The topological polar surface area (TPSA) is 63.6 Å². The van der Waals surface area contributed by atoms with Crippen LogP contribution in [0.4, 0.5) is 5.69 Å². The Hall–Kier alpha value is -2.99. The Labute approximate surface area is 174 Å². The Kier molecular flexibility index (Phi) is 5.20. The van der Waals surface area contributed by atoms with Gasteiger partial charge in [-0.15, -0.1) is 0 Å². The van der Waals surface area contributed by atoms with Gasteiger partial charge in [-0.25, -0.2) is 0 Å². The molecule has 0 saturated carbocycles. The van der Waals surface area contributed by atoms with E-state index in [1.165, 1.54) is 0 Å². The molecule has 4 rings (SSSR count). The van der Waals surface area contributed by atoms with Gasteiger partial charge in [-0.2, -0.15) is 0 Å². The van der Waals surface area contributed by atoms with E-state index >= 15 is 0 Å². The number of amides is 2. The number of ether oxygens (including phenoxy) is 1. The third-order valence-corrected chi connectivity index (χ3v) is 5.70. The molecule has 7 heteroatoms. The largest absolute Gasteiger partial charge is 0.497 e. The van der Waals surface area contributed by atoms with Crippen molar-refractivity contribution in [1.29, 1.82) is 0 Å². The summed E-state index contributed by atoms with van der Waals surface area (Å²) in [4.78, 5) is 27.4. The van der Waals surface area contributed by atoms with Crippen molar-refractivity contribution in [2.75, 3.05) is 18.6 Å². The molecular formula is C22H22ClN3O3. The van der Waals surface area contributed by atoms with Crippen LogP contribution in [0.15, 0.2) is 42.5 Å². The van der Waals surface area contributed by atoms with Crippen LogP contribution in [0.5, 0.6) is 5.75 Å². The standard InChI is InChI=1S/C22H22ClN3O3/c1-25-18-10-9-15(29-2)12-16(18)20(26-11-5-8-19(26)27)21(25)22(28)24-13-14-6-3-4-7-17(14)23/h3-4,6-7,9-10,12H,5,8,11,13H2,1-2H3,(H,24,28). The number of carbonyl (C=O) groups excluding carboxylic acids is 2. The average Bonchev–Trinajstić information content (AvgIpc) is 3.27. The highest BCUT2D eigenvalue weighted by Crippen LogP contribution is 2.37. The van der Waals surface area contributed by atoms with E-state index in [0.717, 1.165) is 22.9 Å². The predicted octanol–water partition coefficient (Wildman–Crippen LogP) is 3.90. The van der Waals surface area contributed by atoms with E-state index in [2.05, 4.69) is 5.32 Å². The molecule has 1 fully saturated rings. The Balaban J connectivity index is 1.78. The van der Waals surface area contributed by atoms with Crippen molar-refractivity contribution in [2.24, 2.45) is 7.05 Å². The number of hydrogen-bond donors (Lipinski definition) is 1. The maximum absolute atomic E-state index is 13.2. The number of nitrogens with one attached hydrogen (secondary N) is 1. The summed E-state index contributed by atoms with van der Waals surface area (Å²) in [7, 11) is 3.44. The third kappa shape index (κ3) is 3.44. The van der Waals surface area contributed by atoms with E-state index in [9.17, 15) is 9.59 Å². The fourth-order valence-corrected chi connectivity index (χ4v) is 4.05. The van der Waals surface area contributed by atoms with Gasteiger partial charge in [0.25, 0.3) is 5.91 Å². The Morgan fingerprint density at radius 2 is 2.03 bits per heavy atom. The predicted molar refractivity (Wildman–Crippen MR) is 114 cm³/mol. The first kappa shape index (κ1) is 19.3. The van der Waals surface area contributed by atoms with Gasteiger partial charge in [-0.05, 0) is 36.2 Å². The van der Waals surface area contributed by atoms with E-state index in [0.29, 0.717) is 41.7 Å². The van der Waals surface area contributed by atoms with Gasteiger partial charge in [-0.3, -0.25) is 9.59 Å². The molecule has 1 aromatic heterocycles. The van der Waals surface area contributed by atoms with Crippen LogP contribution in [0.25, 0.3) is 10.9 Å². The summed E-state index contributed by atoms with van der Waals surface area (Å²) < 4.78 is 7.20. The van der Waals surface area contributed by atoms with Gasteiger partial charge >= 0.3 is 0 Å². The quantitative estimate of drug-likeness (QED) is 0.692. The van der Waals surface area contributed by atoms with E-state index in [1.54, 1.807) is 18.1 Å². The van der Waals surface area contributed by atoms with Crippen LogP contribution in [0.2, 0.25) is 5.02 Å². The summed E-state index contributed by atoms with van der Waals surface area (Å²) >= 11 is 6.21. The smallest absolute Gasteiger partial charge is 0.270 e. The lowest BCUT2D eigenvalue weighted by Crippen LogP contribution is -2.30. The minimum atomic E-state index is -0.253. The van der Waals surface area contributed by atoms with E-state index in [4.69, 9.17) is 16.3 Å². The molecule has 0 bridgehead atoms. The van der Waals surface area contributed by atoms with Crippen molar-refractivity contribution in [3.05, 3.63) is 58.7 Å². The first-order valence-corrected chi connectivity index (χ1v) is 9.87. The number of hydrogen-bond acceptors (Lipinski definition) is 3. The van der Waals surface area contributed by atoms with Gasteiger partial charge in [0.2, 0.25) is 5.91 Å². The molecular weight excluding hydrogens is 390 g/mol.